The van der Waals surface area contributed by atoms with E-state index in [4.69, 9.17) is 0 Å². The van der Waals surface area contributed by atoms with Crippen LogP contribution in [0.2, 0.25) is 0 Å². The zero-order valence-electron chi connectivity index (χ0n) is 16.2. The SMILES string of the molecule is Cc1ccc(N2CCN(S(=O)(=O)c3ccc4c(c3)CCC(=O)N4)C[C@H]2C)cc1. The molecule has 0 aliphatic carbocycles. The lowest BCUT2D eigenvalue weighted by Crippen LogP contribution is -2.53. The summed E-state index contributed by atoms with van der Waals surface area (Å²) in [5.41, 5.74) is 3.93. The number of fused-ring (bicyclic) bond motifs is 1. The third kappa shape index (κ3) is 3.52. The molecule has 148 valence electrons. The quantitative estimate of drug-likeness (QED) is 0.862. The van der Waals surface area contributed by atoms with Gasteiger partial charge in [-0.15, -0.1) is 0 Å². The highest BCUT2D eigenvalue weighted by Gasteiger charge is 2.33. The standard InChI is InChI=1S/C21H25N3O3S/c1-15-3-6-18(7-4-15)24-12-11-23(14-16(24)2)28(26,27)19-8-9-20-17(13-19)5-10-21(25)22-20/h3-4,6-9,13,16H,5,10-12,14H2,1-2H3,(H,22,25)/t16-/m1/s1. The van der Waals surface area contributed by atoms with E-state index < -0.39 is 10.0 Å². The van der Waals surface area contributed by atoms with Crippen LogP contribution in [-0.2, 0) is 21.2 Å². The average Bonchev–Trinajstić information content (AvgIpc) is 2.68. The molecule has 0 radical (unpaired) electrons. The van der Waals surface area contributed by atoms with Crippen LogP contribution in [0.3, 0.4) is 0 Å². The lowest BCUT2D eigenvalue weighted by Gasteiger charge is -2.40. The number of rotatable bonds is 3. The van der Waals surface area contributed by atoms with E-state index in [1.54, 1.807) is 22.5 Å². The van der Waals surface area contributed by atoms with Gasteiger partial charge < -0.3 is 10.2 Å². The number of aryl methyl sites for hydroxylation is 2. The van der Waals surface area contributed by atoms with Crippen LogP contribution in [0, 0.1) is 6.92 Å². The molecule has 4 rings (SSSR count). The van der Waals surface area contributed by atoms with Gasteiger partial charge in [-0.05, 0) is 56.2 Å². The molecule has 0 aromatic heterocycles. The highest BCUT2D eigenvalue weighted by molar-refractivity contribution is 7.89. The van der Waals surface area contributed by atoms with Crippen LogP contribution in [0.4, 0.5) is 11.4 Å². The summed E-state index contributed by atoms with van der Waals surface area (Å²) in [5.74, 6) is -0.0239. The van der Waals surface area contributed by atoms with Gasteiger partial charge in [-0.25, -0.2) is 8.42 Å². The van der Waals surface area contributed by atoms with Crippen molar-refractivity contribution in [2.24, 2.45) is 0 Å². The van der Waals surface area contributed by atoms with Gasteiger partial charge in [0, 0.05) is 43.5 Å². The van der Waals surface area contributed by atoms with Crippen molar-refractivity contribution < 1.29 is 13.2 Å². The molecule has 0 spiro atoms. The molecule has 1 saturated heterocycles. The van der Waals surface area contributed by atoms with E-state index in [0.717, 1.165) is 11.3 Å². The van der Waals surface area contributed by atoms with Crippen molar-refractivity contribution in [3.63, 3.8) is 0 Å². The third-order valence-corrected chi connectivity index (χ3v) is 7.43. The summed E-state index contributed by atoms with van der Waals surface area (Å²) in [6, 6.07) is 13.4. The van der Waals surface area contributed by atoms with E-state index in [2.05, 4.69) is 48.3 Å². The maximum absolute atomic E-state index is 13.2. The predicted molar refractivity (Wildman–Crippen MR) is 110 cm³/mol. The summed E-state index contributed by atoms with van der Waals surface area (Å²) in [4.78, 5) is 14.1. The predicted octanol–water partition coefficient (Wildman–Crippen LogP) is 2.78. The number of benzene rings is 2. The zero-order chi connectivity index (χ0) is 19.9. The number of carbonyl (C=O) groups excluding carboxylic acids is 1. The Morgan fingerprint density at radius 1 is 1.04 bits per heavy atom. The number of carbonyl (C=O) groups is 1. The van der Waals surface area contributed by atoms with Crippen molar-refractivity contribution in [3.8, 4) is 0 Å². The molecule has 2 aliphatic rings. The minimum Gasteiger partial charge on any atom is -0.366 e. The van der Waals surface area contributed by atoms with Crippen molar-refractivity contribution in [2.75, 3.05) is 29.9 Å². The Hall–Kier alpha value is -2.38. The van der Waals surface area contributed by atoms with E-state index in [9.17, 15) is 13.2 Å². The van der Waals surface area contributed by atoms with Gasteiger partial charge >= 0.3 is 0 Å². The fraction of sp³-hybridized carbons (Fsp3) is 0.381. The Kier molecular flexibility index (Phi) is 4.89. The molecule has 1 atom stereocenters. The maximum Gasteiger partial charge on any atom is 0.243 e. The largest absolute Gasteiger partial charge is 0.366 e. The van der Waals surface area contributed by atoms with Gasteiger partial charge in [0.1, 0.15) is 0 Å². The molecular weight excluding hydrogens is 374 g/mol. The maximum atomic E-state index is 13.2. The van der Waals surface area contributed by atoms with Crippen molar-refractivity contribution in [2.45, 2.75) is 37.6 Å². The summed E-state index contributed by atoms with van der Waals surface area (Å²) in [6.07, 6.45) is 0.963. The van der Waals surface area contributed by atoms with Crippen LogP contribution in [-0.4, -0.2) is 44.3 Å². The molecule has 6 nitrogen and oxygen atoms in total. The van der Waals surface area contributed by atoms with Gasteiger partial charge in [0.15, 0.2) is 0 Å². The molecule has 7 heteroatoms. The summed E-state index contributed by atoms with van der Waals surface area (Å²) >= 11 is 0. The third-order valence-electron chi connectivity index (χ3n) is 5.57. The average molecular weight is 400 g/mol. The number of nitrogens with one attached hydrogen (secondary N) is 1. The minimum atomic E-state index is -3.56. The zero-order valence-corrected chi connectivity index (χ0v) is 17.0. The summed E-state index contributed by atoms with van der Waals surface area (Å²) in [6.45, 7) is 5.68. The van der Waals surface area contributed by atoms with Crippen LogP contribution in [0.5, 0.6) is 0 Å². The molecule has 1 N–H and O–H groups in total. The molecule has 2 heterocycles. The van der Waals surface area contributed by atoms with Gasteiger partial charge in [-0.2, -0.15) is 4.31 Å². The van der Waals surface area contributed by atoms with Gasteiger partial charge in [-0.1, -0.05) is 17.7 Å². The molecule has 2 aromatic rings. The first kappa shape index (κ1) is 19.0. The van der Waals surface area contributed by atoms with Crippen LogP contribution < -0.4 is 10.2 Å². The van der Waals surface area contributed by atoms with E-state index >= 15 is 0 Å². The number of anilines is 2. The first-order chi connectivity index (χ1) is 13.3. The van der Waals surface area contributed by atoms with Gasteiger partial charge in [-0.3, -0.25) is 4.79 Å². The molecule has 1 amide bonds. The fourth-order valence-corrected chi connectivity index (χ4v) is 5.49. The second kappa shape index (κ2) is 7.22. The minimum absolute atomic E-state index is 0.0239. The molecule has 0 bridgehead atoms. The fourth-order valence-electron chi connectivity index (χ4n) is 3.93. The Bertz CT molecular complexity index is 1000. The summed E-state index contributed by atoms with van der Waals surface area (Å²) in [7, 11) is -3.56. The van der Waals surface area contributed by atoms with Crippen molar-refractivity contribution in [3.05, 3.63) is 53.6 Å². The second-order valence-electron chi connectivity index (χ2n) is 7.61. The molecule has 0 saturated carbocycles. The molecule has 28 heavy (non-hydrogen) atoms. The van der Waals surface area contributed by atoms with Crippen molar-refractivity contribution in [1.82, 2.24) is 4.31 Å². The lowest BCUT2D eigenvalue weighted by molar-refractivity contribution is -0.116. The van der Waals surface area contributed by atoms with Crippen LogP contribution in [0.15, 0.2) is 47.4 Å². The van der Waals surface area contributed by atoms with Gasteiger partial charge in [0.05, 0.1) is 4.90 Å². The lowest BCUT2D eigenvalue weighted by atomic mass is 10.0. The highest BCUT2D eigenvalue weighted by atomic mass is 32.2. The Morgan fingerprint density at radius 2 is 1.79 bits per heavy atom. The van der Waals surface area contributed by atoms with E-state index in [1.165, 1.54) is 5.56 Å². The van der Waals surface area contributed by atoms with Crippen LogP contribution >= 0.6 is 0 Å². The second-order valence-corrected chi connectivity index (χ2v) is 9.55. The Morgan fingerprint density at radius 3 is 2.50 bits per heavy atom. The smallest absolute Gasteiger partial charge is 0.243 e. The Balaban J connectivity index is 1.53. The first-order valence-electron chi connectivity index (χ1n) is 9.61. The summed E-state index contributed by atoms with van der Waals surface area (Å²) < 4.78 is 28.0. The van der Waals surface area contributed by atoms with E-state index in [-0.39, 0.29) is 11.9 Å². The first-order valence-corrected chi connectivity index (χ1v) is 11.0. The Labute approximate surface area is 166 Å². The normalized spacial score (nSPS) is 20.6. The summed E-state index contributed by atoms with van der Waals surface area (Å²) in [5, 5.41) is 2.80. The molecule has 1 fully saturated rings. The topological polar surface area (TPSA) is 69.7 Å². The van der Waals surface area contributed by atoms with Crippen LogP contribution in [0.1, 0.15) is 24.5 Å². The van der Waals surface area contributed by atoms with E-state index in [1.807, 2.05) is 0 Å². The number of hydrogen-bond donors (Lipinski definition) is 1. The highest BCUT2D eigenvalue weighted by Crippen LogP contribution is 2.29. The molecule has 0 unspecified atom stereocenters. The van der Waals surface area contributed by atoms with Gasteiger partial charge in [0.2, 0.25) is 15.9 Å². The van der Waals surface area contributed by atoms with E-state index in [0.29, 0.717) is 43.1 Å². The number of piperazine rings is 1. The molecular formula is C21H25N3O3S. The number of amides is 1. The number of sulfonamides is 1. The number of hydrogen-bond acceptors (Lipinski definition) is 4. The monoisotopic (exact) mass is 399 g/mol. The number of nitrogens with zero attached hydrogens (tertiary/aromatic N) is 2. The van der Waals surface area contributed by atoms with Crippen molar-refractivity contribution in [1.29, 1.82) is 0 Å². The molecule has 2 aliphatic heterocycles. The van der Waals surface area contributed by atoms with Crippen molar-refractivity contribution >= 4 is 27.3 Å². The van der Waals surface area contributed by atoms with Crippen LogP contribution in [0.25, 0.3) is 0 Å². The van der Waals surface area contributed by atoms with Gasteiger partial charge in [0.25, 0.3) is 0 Å². The molecule has 2 aromatic carbocycles.